The van der Waals surface area contributed by atoms with Crippen LogP contribution in [0.15, 0.2) is 0 Å². The first-order valence-corrected chi connectivity index (χ1v) is 4.61. The van der Waals surface area contributed by atoms with Crippen molar-refractivity contribution in [2.24, 2.45) is 0 Å². The van der Waals surface area contributed by atoms with E-state index in [4.69, 9.17) is 5.11 Å². The lowest BCUT2D eigenvalue weighted by molar-refractivity contribution is -0.143. The Bertz CT molecular complexity index is 190. The van der Waals surface area contributed by atoms with Crippen LogP contribution in [0.2, 0.25) is 0 Å². The Morgan fingerprint density at radius 3 is 2.36 bits per heavy atom. The number of aliphatic hydroxyl groups is 1. The predicted molar refractivity (Wildman–Crippen MR) is 48.7 cm³/mol. The van der Waals surface area contributed by atoms with Gasteiger partial charge in [-0.3, -0.25) is 9.59 Å². The van der Waals surface area contributed by atoms with Crippen LogP contribution in [0.4, 0.5) is 0 Å². The van der Waals surface area contributed by atoms with Crippen LogP contribution in [0, 0.1) is 0 Å². The smallest absolute Gasteiger partial charge is 0.305 e. The summed E-state index contributed by atoms with van der Waals surface area (Å²) in [5.74, 6) is -1.30. The summed E-state index contributed by atoms with van der Waals surface area (Å²) in [6.45, 7) is 2.03. The summed E-state index contributed by atoms with van der Waals surface area (Å²) < 4.78 is 4.65. The van der Waals surface area contributed by atoms with E-state index in [0.717, 1.165) is 0 Å². The second kappa shape index (κ2) is 7.32. The highest BCUT2D eigenvalue weighted by atomic mass is 16.5. The van der Waals surface area contributed by atoms with Crippen LogP contribution in [-0.2, 0) is 14.3 Å². The molecule has 0 aliphatic rings. The van der Waals surface area contributed by atoms with Gasteiger partial charge in [0.15, 0.2) is 0 Å². The fourth-order valence-electron chi connectivity index (χ4n) is 0.952. The molecule has 0 saturated carbocycles. The number of rotatable bonds is 7. The van der Waals surface area contributed by atoms with E-state index in [1.165, 1.54) is 0 Å². The van der Waals surface area contributed by atoms with Crippen LogP contribution < -0.4 is 0 Å². The van der Waals surface area contributed by atoms with Gasteiger partial charge in [-0.25, -0.2) is 0 Å². The third-order valence-electron chi connectivity index (χ3n) is 1.68. The maximum absolute atomic E-state index is 10.8. The van der Waals surface area contributed by atoms with Gasteiger partial charge in [0.05, 0.1) is 12.7 Å². The van der Waals surface area contributed by atoms with Gasteiger partial charge >= 0.3 is 11.9 Å². The number of carboxylic acid groups (broad SMARTS) is 1. The molecule has 2 N–H and O–H groups in total. The van der Waals surface area contributed by atoms with Crippen LogP contribution in [0.3, 0.4) is 0 Å². The van der Waals surface area contributed by atoms with Crippen molar-refractivity contribution in [3.05, 3.63) is 0 Å². The number of hydrogen-bond donors (Lipinski definition) is 2. The van der Waals surface area contributed by atoms with E-state index in [-0.39, 0.29) is 31.7 Å². The Labute approximate surface area is 82.7 Å². The maximum atomic E-state index is 10.8. The molecule has 0 aromatic rings. The molecule has 1 unspecified atom stereocenters. The van der Waals surface area contributed by atoms with E-state index < -0.39 is 12.1 Å². The number of carbonyl (C=O) groups is 2. The maximum Gasteiger partial charge on any atom is 0.305 e. The zero-order valence-corrected chi connectivity index (χ0v) is 8.23. The monoisotopic (exact) mass is 204 g/mol. The van der Waals surface area contributed by atoms with E-state index in [1.807, 2.05) is 0 Å². The third kappa shape index (κ3) is 7.54. The molecule has 0 aliphatic carbocycles. The second-order valence-corrected chi connectivity index (χ2v) is 2.93. The highest BCUT2D eigenvalue weighted by molar-refractivity contribution is 5.69. The summed E-state index contributed by atoms with van der Waals surface area (Å²) in [6.07, 6.45) is -0.255. The van der Waals surface area contributed by atoms with Crippen LogP contribution in [-0.4, -0.2) is 34.9 Å². The van der Waals surface area contributed by atoms with Crippen molar-refractivity contribution in [2.45, 2.75) is 38.7 Å². The minimum atomic E-state index is -0.944. The molecule has 0 spiro atoms. The predicted octanol–water partition coefficient (Wildman–Crippen LogP) is 0.555. The fourth-order valence-corrected chi connectivity index (χ4v) is 0.952. The van der Waals surface area contributed by atoms with E-state index in [9.17, 15) is 14.7 Å². The molecule has 0 rings (SSSR count). The summed E-state index contributed by atoms with van der Waals surface area (Å²) in [4.78, 5) is 21.0. The van der Waals surface area contributed by atoms with Crippen LogP contribution in [0.5, 0.6) is 0 Å². The molecule has 14 heavy (non-hydrogen) atoms. The molecule has 5 heteroatoms. The molecule has 0 bridgehead atoms. The average Bonchev–Trinajstić information content (AvgIpc) is 2.12. The van der Waals surface area contributed by atoms with Crippen molar-refractivity contribution in [2.75, 3.05) is 6.61 Å². The molecule has 5 nitrogen and oxygen atoms in total. The number of ether oxygens (including phenoxy) is 1. The van der Waals surface area contributed by atoms with Gasteiger partial charge in [-0.15, -0.1) is 0 Å². The lowest BCUT2D eigenvalue weighted by Crippen LogP contribution is -2.13. The molecule has 82 valence electrons. The van der Waals surface area contributed by atoms with Crippen molar-refractivity contribution in [1.29, 1.82) is 0 Å². The zero-order valence-electron chi connectivity index (χ0n) is 8.23. The van der Waals surface area contributed by atoms with Gasteiger partial charge < -0.3 is 14.9 Å². The quantitative estimate of drug-likeness (QED) is 0.592. The number of aliphatic carboxylic acids is 1. The van der Waals surface area contributed by atoms with Crippen LogP contribution in [0.25, 0.3) is 0 Å². The van der Waals surface area contributed by atoms with Gasteiger partial charge in [0.25, 0.3) is 0 Å². The minimum Gasteiger partial charge on any atom is -0.481 e. The molecule has 0 radical (unpaired) electrons. The Kier molecular flexibility index (Phi) is 6.74. The lowest BCUT2D eigenvalue weighted by atomic mass is 10.1. The van der Waals surface area contributed by atoms with Crippen molar-refractivity contribution in [3.8, 4) is 0 Å². The fraction of sp³-hybridized carbons (Fsp3) is 0.778. The highest BCUT2D eigenvalue weighted by Gasteiger charge is 2.10. The Morgan fingerprint density at radius 1 is 1.29 bits per heavy atom. The average molecular weight is 204 g/mol. The van der Waals surface area contributed by atoms with Gasteiger partial charge in [-0.1, -0.05) is 0 Å². The summed E-state index contributed by atoms with van der Waals surface area (Å²) in [5.41, 5.74) is 0. The van der Waals surface area contributed by atoms with Gasteiger partial charge in [0.1, 0.15) is 0 Å². The van der Waals surface area contributed by atoms with Gasteiger partial charge in [-0.05, 0) is 19.8 Å². The van der Waals surface area contributed by atoms with E-state index >= 15 is 0 Å². The molecular weight excluding hydrogens is 188 g/mol. The summed E-state index contributed by atoms with van der Waals surface area (Å²) in [6, 6.07) is 0. The number of carboxylic acids is 1. The minimum absolute atomic E-state index is 0.0794. The largest absolute Gasteiger partial charge is 0.481 e. The first-order chi connectivity index (χ1) is 6.56. The van der Waals surface area contributed by atoms with Gasteiger partial charge in [0.2, 0.25) is 0 Å². The van der Waals surface area contributed by atoms with Gasteiger partial charge in [0, 0.05) is 12.8 Å². The van der Waals surface area contributed by atoms with Gasteiger partial charge in [-0.2, -0.15) is 0 Å². The second-order valence-electron chi connectivity index (χ2n) is 2.93. The SMILES string of the molecule is CCOC(=O)CCC(O)CCC(=O)O. The summed E-state index contributed by atoms with van der Waals surface area (Å²) in [7, 11) is 0. The standard InChI is InChI=1S/C9H16O5/c1-2-14-9(13)6-4-7(10)3-5-8(11)12/h7,10H,2-6H2,1H3,(H,11,12). The van der Waals surface area contributed by atoms with Crippen LogP contribution in [0.1, 0.15) is 32.6 Å². The number of carbonyl (C=O) groups excluding carboxylic acids is 1. The van der Waals surface area contributed by atoms with Crippen molar-refractivity contribution >= 4 is 11.9 Å². The first kappa shape index (κ1) is 12.9. The molecule has 1 atom stereocenters. The molecule has 0 saturated heterocycles. The normalized spacial score (nSPS) is 12.1. The Morgan fingerprint density at radius 2 is 1.86 bits per heavy atom. The topological polar surface area (TPSA) is 83.8 Å². The van der Waals surface area contributed by atoms with Crippen LogP contribution >= 0.6 is 0 Å². The Hall–Kier alpha value is -1.10. The van der Waals surface area contributed by atoms with E-state index in [0.29, 0.717) is 6.61 Å². The first-order valence-electron chi connectivity index (χ1n) is 4.61. The molecule has 0 amide bonds. The third-order valence-corrected chi connectivity index (χ3v) is 1.68. The molecule has 0 aliphatic heterocycles. The lowest BCUT2D eigenvalue weighted by Gasteiger charge is -2.07. The summed E-state index contributed by atoms with van der Waals surface area (Å²) >= 11 is 0. The number of aliphatic hydroxyl groups excluding tert-OH is 1. The molecule has 0 aromatic heterocycles. The highest BCUT2D eigenvalue weighted by Crippen LogP contribution is 2.05. The van der Waals surface area contributed by atoms with Crippen molar-refractivity contribution in [1.82, 2.24) is 0 Å². The van der Waals surface area contributed by atoms with Crippen molar-refractivity contribution < 1.29 is 24.5 Å². The molecule has 0 fully saturated rings. The Balaban J connectivity index is 3.48. The molecule has 0 heterocycles. The molecular formula is C9H16O5. The van der Waals surface area contributed by atoms with E-state index in [2.05, 4.69) is 4.74 Å². The van der Waals surface area contributed by atoms with E-state index in [1.54, 1.807) is 6.92 Å². The van der Waals surface area contributed by atoms with Crippen molar-refractivity contribution in [3.63, 3.8) is 0 Å². The molecule has 0 aromatic carbocycles. The zero-order chi connectivity index (χ0) is 11.0. The number of hydrogen-bond acceptors (Lipinski definition) is 4. The summed E-state index contributed by atoms with van der Waals surface area (Å²) in [5, 5.41) is 17.6. The number of esters is 1.